The van der Waals surface area contributed by atoms with Crippen LogP contribution in [-0.2, 0) is 10.2 Å². The van der Waals surface area contributed by atoms with E-state index in [-0.39, 0.29) is 18.2 Å². The Bertz CT molecular complexity index is 501. The normalized spacial score (nSPS) is 14.4. The van der Waals surface area contributed by atoms with Crippen LogP contribution >= 0.6 is 0 Å². The molecule has 0 aliphatic carbocycles. The number of amides is 1. The Balaban J connectivity index is 2.26. The summed E-state index contributed by atoms with van der Waals surface area (Å²) in [5, 5.41) is 3.01. The Kier molecular flexibility index (Phi) is 3.20. The van der Waals surface area contributed by atoms with E-state index in [4.69, 9.17) is 9.47 Å². The predicted molar refractivity (Wildman–Crippen MR) is 73.5 cm³/mol. The van der Waals surface area contributed by atoms with Gasteiger partial charge in [0.2, 0.25) is 12.7 Å². The van der Waals surface area contributed by atoms with Crippen molar-refractivity contribution in [3.05, 3.63) is 23.8 Å². The Morgan fingerprint density at radius 3 is 2.37 bits per heavy atom. The van der Waals surface area contributed by atoms with E-state index in [0.717, 1.165) is 11.3 Å². The van der Waals surface area contributed by atoms with E-state index in [2.05, 4.69) is 5.32 Å². The largest absolute Gasteiger partial charge is 0.454 e. The molecule has 104 valence electrons. The zero-order valence-corrected chi connectivity index (χ0v) is 12.2. The second-order valence-corrected chi connectivity index (χ2v) is 6.40. The van der Waals surface area contributed by atoms with Gasteiger partial charge in [0.15, 0.2) is 11.5 Å². The van der Waals surface area contributed by atoms with Crippen molar-refractivity contribution >= 4 is 5.91 Å². The van der Waals surface area contributed by atoms with Crippen LogP contribution in [0.15, 0.2) is 18.2 Å². The molecule has 0 radical (unpaired) electrons. The summed E-state index contributed by atoms with van der Waals surface area (Å²) in [6.07, 6.45) is 0. The van der Waals surface area contributed by atoms with Gasteiger partial charge in [-0.3, -0.25) is 4.79 Å². The minimum Gasteiger partial charge on any atom is -0.454 e. The van der Waals surface area contributed by atoms with Crippen molar-refractivity contribution in [2.45, 2.75) is 45.6 Å². The van der Waals surface area contributed by atoms with Crippen LogP contribution in [0.4, 0.5) is 0 Å². The van der Waals surface area contributed by atoms with E-state index in [1.54, 1.807) is 0 Å². The lowest BCUT2D eigenvalue weighted by molar-refractivity contribution is -0.127. The van der Waals surface area contributed by atoms with Crippen molar-refractivity contribution in [2.24, 2.45) is 0 Å². The van der Waals surface area contributed by atoms with Crippen LogP contribution in [0.2, 0.25) is 0 Å². The highest BCUT2D eigenvalue weighted by Crippen LogP contribution is 2.36. The summed E-state index contributed by atoms with van der Waals surface area (Å²) in [4.78, 5) is 12.4. The van der Waals surface area contributed by atoms with E-state index < -0.39 is 5.41 Å². The smallest absolute Gasteiger partial charge is 0.231 e. The lowest BCUT2D eigenvalue weighted by Crippen LogP contribution is -2.48. The molecule has 1 aromatic rings. The van der Waals surface area contributed by atoms with Gasteiger partial charge in [-0.15, -0.1) is 0 Å². The Morgan fingerprint density at radius 1 is 1.11 bits per heavy atom. The fraction of sp³-hybridized carbons (Fsp3) is 0.533. The third-order valence-corrected chi connectivity index (χ3v) is 3.15. The number of hydrogen-bond donors (Lipinski definition) is 1. The number of nitrogens with one attached hydrogen (secondary N) is 1. The van der Waals surface area contributed by atoms with Gasteiger partial charge in [0.25, 0.3) is 0 Å². The second-order valence-electron chi connectivity index (χ2n) is 6.40. The first-order chi connectivity index (χ1) is 8.70. The van der Waals surface area contributed by atoms with Crippen LogP contribution in [0.25, 0.3) is 0 Å². The van der Waals surface area contributed by atoms with Crippen LogP contribution in [0, 0.1) is 0 Å². The van der Waals surface area contributed by atoms with Crippen molar-refractivity contribution in [2.75, 3.05) is 6.79 Å². The van der Waals surface area contributed by atoms with Crippen LogP contribution in [0.1, 0.15) is 40.2 Å². The molecule has 0 saturated carbocycles. The Morgan fingerprint density at radius 2 is 1.74 bits per heavy atom. The first kappa shape index (κ1) is 13.7. The Hall–Kier alpha value is -1.71. The maximum atomic E-state index is 12.4. The molecule has 0 bridgehead atoms. The molecule has 19 heavy (non-hydrogen) atoms. The molecule has 0 fully saturated rings. The number of benzene rings is 1. The molecule has 4 nitrogen and oxygen atoms in total. The predicted octanol–water partition coefficient (Wildman–Crippen LogP) is 2.61. The average Bonchev–Trinajstić information content (AvgIpc) is 2.73. The quantitative estimate of drug-likeness (QED) is 0.892. The highest BCUT2D eigenvalue weighted by atomic mass is 16.7. The molecule has 4 heteroatoms. The molecule has 0 saturated heterocycles. The van der Waals surface area contributed by atoms with Crippen molar-refractivity contribution in [1.29, 1.82) is 0 Å². The summed E-state index contributed by atoms with van der Waals surface area (Å²) in [5.41, 5.74) is 0.0531. The first-order valence-corrected chi connectivity index (χ1v) is 6.43. The van der Waals surface area contributed by atoms with Gasteiger partial charge in [-0.25, -0.2) is 0 Å². The van der Waals surface area contributed by atoms with E-state index in [1.807, 2.05) is 52.8 Å². The second kappa shape index (κ2) is 4.44. The molecule has 1 amide bonds. The van der Waals surface area contributed by atoms with Gasteiger partial charge in [-0.05, 0) is 52.3 Å². The number of fused-ring (bicyclic) bond motifs is 1. The van der Waals surface area contributed by atoms with Crippen molar-refractivity contribution in [1.82, 2.24) is 5.32 Å². The molecule has 0 unspecified atom stereocenters. The summed E-state index contributed by atoms with van der Waals surface area (Å²) in [5.74, 6) is 1.43. The van der Waals surface area contributed by atoms with Crippen LogP contribution in [-0.4, -0.2) is 18.2 Å². The minimum atomic E-state index is -0.617. The molecule has 2 rings (SSSR count). The van der Waals surface area contributed by atoms with Crippen molar-refractivity contribution in [3.8, 4) is 11.5 Å². The zero-order chi connectivity index (χ0) is 14.3. The number of ether oxygens (including phenoxy) is 2. The topological polar surface area (TPSA) is 47.6 Å². The molecule has 0 aromatic heterocycles. The van der Waals surface area contributed by atoms with Gasteiger partial charge in [0.1, 0.15) is 0 Å². The SMILES string of the molecule is CC(C)(C)NC(=O)C(C)(C)c1ccc2c(c1)OCO2. The van der Waals surface area contributed by atoms with Gasteiger partial charge >= 0.3 is 0 Å². The zero-order valence-electron chi connectivity index (χ0n) is 12.2. The molecular formula is C15H21NO3. The Labute approximate surface area is 114 Å². The summed E-state index contributed by atoms with van der Waals surface area (Å²) in [7, 11) is 0. The molecule has 1 aromatic carbocycles. The average molecular weight is 263 g/mol. The third-order valence-electron chi connectivity index (χ3n) is 3.15. The fourth-order valence-corrected chi connectivity index (χ4v) is 1.91. The molecule has 1 N–H and O–H groups in total. The molecule has 1 heterocycles. The van der Waals surface area contributed by atoms with Gasteiger partial charge in [-0.1, -0.05) is 6.07 Å². The highest BCUT2D eigenvalue weighted by Gasteiger charge is 2.33. The first-order valence-electron chi connectivity index (χ1n) is 6.43. The lowest BCUT2D eigenvalue weighted by atomic mass is 9.83. The van der Waals surface area contributed by atoms with Gasteiger partial charge in [0, 0.05) is 5.54 Å². The molecule has 0 spiro atoms. The van der Waals surface area contributed by atoms with E-state index in [9.17, 15) is 4.79 Å². The highest BCUT2D eigenvalue weighted by molar-refractivity contribution is 5.88. The molecule has 1 aliphatic heterocycles. The monoisotopic (exact) mass is 263 g/mol. The number of carbonyl (C=O) groups excluding carboxylic acids is 1. The van der Waals surface area contributed by atoms with Gasteiger partial charge in [0.05, 0.1) is 5.41 Å². The maximum absolute atomic E-state index is 12.4. The summed E-state index contributed by atoms with van der Waals surface area (Å²) < 4.78 is 10.6. The van der Waals surface area contributed by atoms with Crippen LogP contribution in [0.3, 0.4) is 0 Å². The number of rotatable bonds is 2. The van der Waals surface area contributed by atoms with Crippen LogP contribution < -0.4 is 14.8 Å². The number of carbonyl (C=O) groups is 1. The fourth-order valence-electron chi connectivity index (χ4n) is 1.91. The van der Waals surface area contributed by atoms with Crippen molar-refractivity contribution in [3.63, 3.8) is 0 Å². The minimum absolute atomic E-state index is 0.00105. The van der Waals surface area contributed by atoms with E-state index in [1.165, 1.54) is 0 Å². The molecule has 0 atom stereocenters. The van der Waals surface area contributed by atoms with E-state index >= 15 is 0 Å². The summed E-state index contributed by atoms with van der Waals surface area (Å²) >= 11 is 0. The summed E-state index contributed by atoms with van der Waals surface area (Å²) in [6, 6.07) is 5.64. The maximum Gasteiger partial charge on any atom is 0.231 e. The van der Waals surface area contributed by atoms with Crippen molar-refractivity contribution < 1.29 is 14.3 Å². The lowest BCUT2D eigenvalue weighted by Gasteiger charge is -2.30. The molecular weight excluding hydrogens is 242 g/mol. The van der Waals surface area contributed by atoms with Gasteiger partial charge in [-0.2, -0.15) is 0 Å². The van der Waals surface area contributed by atoms with E-state index in [0.29, 0.717) is 5.75 Å². The standard InChI is InChI=1S/C15H21NO3/c1-14(2,3)16-13(17)15(4,5)10-6-7-11-12(8-10)19-9-18-11/h6-8H,9H2,1-5H3,(H,16,17). The molecule has 1 aliphatic rings. The van der Waals surface area contributed by atoms with Gasteiger partial charge < -0.3 is 14.8 Å². The third kappa shape index (κ3) is 2.83. The summed E-state index contributed by atoms with van der Waals surface area (Å²) in [6.45, 7) is 9.98. The number of hydrogen-bond acceptors (Lipinski definition) is 3. The van der Waals surface area contributed by atoms with Crippen LogP contribution in [0.5, 0.6) is 11.5 Å².